The van der Waals surface area contributed by atoms with Crippen LogP contribution < -0.4 is 0 Å². The number of hydrogen-bond donors (Lipinski definition) is 0. The SMILES string of the molecule is FC(F)(F)c1nnc2ccc(Sc3nnnn3-c3ccccc3)nn12. The van der Waals surface area contributed by atoms with Crippen molar-refractivity contribution in [2.45, 2.75) is 16.4 Å². The van der Waals surface area contributed by atoms with E-state index in [1.807, 2.05) is 18.2 Å². The number of halogens is 3. The maximum atomic E-state index is 12.9. The van der Waals surface area contributed by atoms with E-state index in [4.69, 9.17) is 0 Å². The molecule has 0 amide bonds. The molecular weight excluding hydrogens is 357 g/mol. The van der Waals surface area contributed by atoms with Crippen molar-refractivity contribution in [1.29, 1.82) is 0 Å². The first-order valence-corrected chi connectivity index (χ1v) is 7.65. The van der Waals surface area contributed by atoms with E-state index in [1.54, 1.807) is 12.1 Å². The summed E-state index contributed by atoms with van der Waals surface area (Å²) in [6, 6.07) is 12.0. The van der Waals surface area contributed by atoms with Gasteiger partial charge in [0, 0.05) is 0 Å². The van der Waals surface area contributed by atoms with E-state index in [9.17, 15) is 13.2 Å². The van der Waals surface area contributed by atoms with E-state index in [2.05, 4.69) is 30.8 Å². The van der Waals surface area contributed by atoms with Gasteiger partial charge in [0.05, 0.1) is 5.69 Å². The molecule has 0 unspecified atom stereocenters. The van der Waals surface area contributed by atoms with E-state index in [0.29, 0.717) is 9.67 Å². The molecule has 126 valence electrons. The molecule has 0 aliphatic heterocycles. The standard InChI is InChI=1S/C13H7F3N8S/c14-13(15,16)11-18-17-9-6-7-10(20-24(9)11)25-12-19-21-22-23(12)8-4-2-1-3-5-8/h1-7H. The lowest BCUT2D eigenvalue weighted by Gasteiger charge is -2.05. The van der Waals surface area contributed by atoms with Gasteiger partial charge in [-0.25, -0.2) is 0 Å². The van der Waals surface area contributed by atoms with Gasteiger partial charge in [0.1, 0.15) is 5.03 Å². The van der Waals surface area contributed by atoms with Crippen molar-refractivity contribution in [2.75, 3.05) is 0 Å². The average molecular weight is 364 g/mol. The van der Waals surface area contributed by atoms with Crippen molar-refractivity contribution < 1.29 is 13.2 Å². The minimum Gasteiger partial charge on any atom is -0.188 e. The maximum Gasteiger partial charge on any atom is 0.453 e. The molecule has 0 N–H and O–H groups in total. The lowest BCUT2D eigenvalue weighted by molar-refractivity contribution is -0.146. The fourth-order valence-corrected chi connectivity index (χ4v) is 2.82. The highest BCUT2D eigenvalue weighted by atomic mass is 32.2. The van der Waals surface area contributed by atoms with Gasteiger partial charge in [-0.15, -0.1) is 15.3 Å². The molecule has 0 bridgehead atoms. The van der Waals surface area contributed by atoms with Crippen LogP contribution >= 0.6 is 11.8 Å². The predicted octanol–water partition coefficient (Wildman–Crippen LogP) is 2.27. The predicted molar refractivity (Wildman–Crippen MR) is 79.1 cm³/mol. The van der Waals surface area contributed by atoms with Crippen LogP contribution in [0.5, 0.6) is 0 Å². The molecule has 8 nitrogen and oxygen atoms in total. The Kier molecular flexibility index (Phi) is 3.60. The van der Waals surface area contributed by atoms with Crippen molar-refractivity contribution in [1.82, 2.24) is 40.0 Å². The summed E-state index contributed by atoms with van der Waals surface area (Å²) in [7, 11) is 0. The number of para-hydroxylation sites is 1. The summed E-state index contributed by atoms with van der Waals surface area (Å²) >= 11 is 1.03. The van der Waals surface area contributed by atoms with Crippen LogP contribution in [-0.2, 0) is 6.18 Å². The number of fused-ring (bicyclic) bond motifs is 1. The molecule has 0 radical (unpaired) electrons. The summed E-state index contributed by atoms with van der Waals surface area (Å²) in [5.74, 6) is -1.19. The molecular formula is C13H7F3N8S. The number of hydrogen-bond acceptors (Lipinski definition) is 7. The minimum absolute atomic E-state index is 0.000624. The molecule has 0 aliphatic carbocycles. The summed E-state index contributed by atoms with van der Waals surface area (Å²) in [6.07, 6.45) is -4.65. The van der Waals surface area contributed by atoms with Gasteiger partial charge in [0.25, 0.3) is 5.82 Å². The van der Waals surface area contributed by atoms with E-state index in [-0.39, 0.29) is 10.7 Å². The van der Waals surface area contributed by atoms with E-state index in [0.717, 1.165) is 17.4 Å². The number of rotatable bonds is 3. The van der Waals surface area contributed by atoms with Gasteiger partial charge in [-0.1, -0.05) is 18.2 Å². The van der Waals surface area contributed by atoms with Crippen LogP contribution in [0.1, 0.15) is 5.82 Å². The summed E-state index contributed by atoms with van der Waals surface area (Å²) in [6.45, 7) is 0. The second-order valence-electron chi connectivity index (χ2n) is 4.77. The number of tetrazole rings is 1. The van der Waals surface area contributed by atoms with Crippen molar-refractivity contribution in [3.05, 3.63) is 48.3 Å². The molecule has 0 aliphatic rings. The minimum atomic E-state index is -4.65. The van der Waals surface area contributed by atoms with Gasteiger partial charge in [-0.3, -0.25) is 0 Å². The second kappa shape index (κ2) is 5.81. The van der Waals surface area contributed by atoms with Gasteiger partial charge < -0.3 is 0 Å². The Bertz CT molecular complexity index is 1030. The average Bonchev–Trinajstić information content (AvgIpc) is 3.21. The highest BCUT2D eigenvalue weighted by Gasteiger charge is 2.37. The van der Waals surface area contributed by atoms with Gasteiger partial charge in [-0.05, 0) is 46.5 Å². The fraction of sp³-hybridized carbons (Fsp3) is 0.0769. The molecule has 3 heterocycles. The Labute approximate surface area is 141 Å². The molecule has 12 heteroatoms. The van der Waals surface area contributed by atoms with Crippen LogP contribution in [0.25, 0.3) is 11.3 Å². The molecule has 25 heavy (non-hydrogen) atoms. The molecule has 0 spiro atoms. The van der Waals surface area contributed by atoms with Crippen LogP contribution in [0, 0.1) is 0 Å². The summed E-state index contributed by atoms with van der Waals surface area (Å²) < 4.78 is 40.9. The molecule has 0 atom stereocenters. The zero-order valence-electron chi connectivity index (χ0n) is 12.2. The van der Waals surface area contributed by atoms with Crippen molar-refractivity contribution >= 4 is 17.4 Å². The molecule has 4 aromatic rings. The van der Waals surface area contributed by atoms with Crippen LogP contribution in [0.15, 0.2) is 52.6 Å². The van der Waals surface area contributed by atoms with Gasteiger partial charge in [0.2, 0.25) is 5.16 Å². The highest BCUT2D eigenvalue weighted by Crippen LogP contribution is 2.29. The first-order chi connectivity index (χ1) is 12.0. The van der Waals surface area contributed by atoms with Crippen molar-refractivity contribution in [3.63, 3.8) is 0 Å². The summed E-state index contributed by atoms with van der Waals surface area (Å²) in [4.78, 5) is 0. The zero-order valence-corrected chi connectivity index (χ0v) is 13.0. The van der Waals surface area contributed by atoms with E-state index in [1.165, 1.54) is 16.8 Å². The first kappa shape index (κ1) is 15.5. The third kappa shape index (κ3) is 2.91. The van der Waals surface area contributed by atoms with Crippen molar-refractivity contribution in [2.24, 2.45) is 0 Å². The van der Waals surface area contributed by atoms with Gasteiger partial charge >= 0.3 is 6.18 Å². The molecule has 0 fully saturated rings. The molecule has 4 rings (SSSR count). The molecule has 1 aromatic carbocycles. The Morgan fingerprint density at radius 3 is 2.48 bits per heavy atom. The normalized spacial score (nSPS) is 12.0. The number of alkyl halides is 3. The van der Waals surface area contributed by atoms with Crippen molar-refractivity contribution in [3.8, 4) is 5.69 Å². The lowest BCUT2D eigenvalue weighted by Crippen LogP contribution is -2.12. The van der Waals surface area contributed by atoms with Crippen LogP contribution in [-0.4, -0.2) is 40.0 Å². The van der Waals surface area contributed by atoms with Crippen LogP contribution in [0.4, 0.5) is 13.2 Å². The monoisotopic (exact) mass is 364 g/mol. The maximum absolute atomic E-state index is 12.9. The number of aromatic nitrogens is 8. The van der Waals surface area contributed by atoms with Crippen LogP contribution in [0.3, 0.4) is 0 Å². The van der Waals surface area contributed by atoms with E-state index >= 15 is 0 Å². The fourth-order valence-electron chi connectivity index (χ4n) is 2.07. The Morgan fingerprint density at radius 2 is 1.72 bits per heavy atom. The Balaban J connectivity index is 1.72. The lowest BCUT2D eigenvalue weighted by atomic mass is 10.3. The third-order valence-electron chi connectivity index (χ3n) is 3.13. The smallest absolute Gasteiger partial charge is 0.188 e. The molecule has 0 saturated carbocycles. The summed E-state index contributed by atoms with van der Waals surface area (Å²) in [5.41, 5.74) is 0.718. The van der Waals surface area contributed by atoms with E-state index < -0.39 is 12.0 Å². The Hall–Kier alpha value is -3.02. The zero-order chi connectivity index (χ0) is 17.4. The quantitative estimate of drug-likeness (QED) is 0.551. The van der Waals surface area contributed by atoms with Gasteiger partial charge in [0.15, 0.2) is 5.65 Å². The third-order valence-corrected chi connectivity index (χ3v) is 3.99. The molecule has 3 aromatic heterocycles. The molecule has 0 saturated heterocycles. The Morgan fingerprint density at radius 1 is 0.920 bits per heavy atom. The number of nitrogens with zero attached hydrogens (tertiary/aromatic N) is 8. The highest BCUT2D eigenvalue weighted by molar-refractivity contribution is 7.99. The topological polar surface area (TPSA) is 86.7 Å². The summed E-state index contributed by atoms with van der Waals surface area (Å²) in [5, 5.41) is 22.6. The van der Waals surface area contributed by atoms with Crippen LogP contribution in [0.2, 0.25) is 0 Å². The second-order valence-corrected chi connectivity index (χ2v) is 5.76. The van der Waals surface area contributed by atoms with Gasteiger partial charge in [-0.2, -0.15) is 27.5 Å². The number of benzene rings is 1. The largest absolute Gasteiger partial charge is 0.453 e. The first-order valence-electron chi connectivity index (χ1n) is 6.84.